The van der Waals surface area contributed by atoms with Crippen molar-refractivity contribution in [2.45, 2.75) is 65.4 Å². The number of ether oxygens (including phenoxy) is 1. The molecule has 1 saturated heterocycles. The van der Waals surface area contributed by atoms with Crippen LogP contribution in [0.5, 0.6) is 0 Å². The number of anilines is 2. The summed E-state index contributed by atoms with van der Waals surface area (Å²) < 4.78 is 19.3. The van der Waals surface area contributed by atoms with Crippen LogP contribution in [0.2, 0.25) is 0 Å². The Hall–Kier alpha value is -1.98. The number of carbonyl (C=O) groups excluding carboxylic acids is 1. The fourth-order valence-electron chi connectivity index (χ4n) is 3.46. The van der Waals surface area contributed by atoms with E-state index in [4.69, 9.17) is 10.5 Å². The average molecular weight is 380 g/mol. The van der Waals surface area contributed by atoms with Crippen LogP contribution >= 0.6 is 0 Å². The number of halogens is 1. The Morgan fingerprint density at radius 2 is 1.96 bits per heavy atom. The fourth-order valence-corrected chi connectivity index (χ4v) is 3.46. The summed E-state index contributed by atoms with van der Waals surface area (Å²) in [6.07, 6.45) is 2.64. The van der Waals surface area contributed by atoms with Crippen molar-refractivity contribution in [2.24, 2.45) is 5.92 Å². The monoisotopic (exact) mass is 379 g/mol. The number of nitrogens with two attached hydrogens (primary N) is 1. The topological polar surface area (TPSA) is 67.6 Å². The van der Waals surface area contributed by atoms with Crippen LogP contribution in [0.4, 0.5) is 20.6 Å². The molecule has 0 atom stereocenters. The zero-order valence-corrected chi connectivity index (χ0v) is 17.3. The maximum atomic E-state index is 14.1. The highest BCUT2D eigenvalue weighted by Gasteiger charge is 2.23. The lowest BCUT2D eigenvalue weighted by molar-refractivity contribution is 0.0524. The van der Waals surface area contributed by atoms with E-state index in [2.05, 4.69) is 10.2 Å². The molecule has 6 heteroatoms. The van der Waals surface area contributed by atoms with E-state index >= 15 is 0 Å². The molecule has 0 radical (unpaired) electrons. The Morgan fingerprint density at radius 1 is 1.33 bits per heavy atom. The maximum absolute atomic E-state index is 14.1. The quantitative estimate of drug-likeness (QED) is 0.730. The molecular formula is C21H34FN3O2. The molecule has 5 nitrogen and oxygen atoms in total. The van der Waals surface area contributed by atoms with Crippen LogP contribution in [-0.2, 0) is 4.74 Å². The second-order valence-corrected chi connectivity index (χ2v) is 8.74. The Kier molecular flexibility index (Phi) is 6.95. The van der Waals surface area contributed by atoms with Gasteiger partial charge in [0.2, 0.25) is 0 Å². The first-order valence-corrected chi connectivity index (χ1v) is 9.87. The van der Waals surface area contributed by atoms with Crippen molar-refractivity contribution in [3.63, 3.8) is 0 Å². The van der Waals surface area contributed by atoms with Crippen LogP contribution in [0.1, 0.15) is 65.4 Å². The minimum Gasteiger partial charge on any atom is -0.444 e. The Morgan fingerprint density at radius 3 is 2.52 bits per heavy atom. The van der Waals surface area contributed by atoms with Gasteiger partial charge in [-0.15, -0.1) is 0 Å². The van der Waals surface area contributed by atoms with Crippen molar-refractivity contribution in [3.8, 4) is 0 Å². The summed E-state index contributed by atoms with van der Waals surface area (Å²) in [5.41, 5.74) is 7.75. The average Bonchev–Trinajstić information content (AvgIpc) is 2.54. The number of nitrogens with one attached hydrogen (secondary N) is 1. The van der Waals surface area contributed by atoms with E-state index in [0.717, 1.165) is 38.0 Å². The van der Waals surface area contributed by atoms with Gasteiger partial charge in [0.1, 0.15) is 11.4 Å². The Balaban J connectivity index is 1.84. The minimum atomic E-state index is -0.473. The summed E-state index contributed by atoms with van der Waals surface area (Å²) in [5.74, 6) is 0.456. The number of amides is 1. The van der Waals surface area contributed by atoms with E-state index in [-0.39, 0.29) is 17.8 Å². The van der Waals surface area contributed by atoms with Crippen molar-refractivity contribution in [3.05, 3.63) is 23.5 Å². The number of nitrogen functional groups attached to an aromatic ring is 1. The molecule has 1 heterocycles. The highest BCUT2D eigenvalue weighted by molar-refractivity contribution is 5.69. The highest BCUT2D eigenvalue weighted by atomic mass is 19.1. The molecule has 1 fully saturated rings. The van der Waals surface area contributed by atoms with Crippen LogP contribution < -0.4 is 16.0 Å². The molecule has 2 rings (SSSR count). The lowest BCUT2D eigenvalue weighted by atomic mass is 9.92. The minimum absolute atomic E-state index is 0.126. The van der Waals surface area contributed by atoms with Crippen molar-refractivity contribution >= 4 is 17.5 Å². The van der Waals surface area contributed by atoms with Gasteiger partial charge in [-0.05, 0) is 69.6 Å². The standard InChI is InChI=1S/C21H34FN3O2/c1-14(2)16-12-19(18(23)13-17(16)22)25-10-7-15(8-11-25)6-9-24-20(26)27-21(3,4)5/h12-15H,6-11,23H2,1-5H3,(H,24,26). The van der Waals surface area contributed by atoms with Gasteiger partial charge < -0.3 is 20.7 Å². The summed E-state index contributed by atoms with van der Waals surface area (Å²) in [6.45, 7) is 12.0. The van der Waals surface area contributed by atoms with Gasteiger partial charge in [-0.3, -0.25) is 0 Å². The predicted octanol–water partition coefficient (Wildman–Crippen LogP) is 4.66. The van der Waals surface area contributed by atoms with Crippen molar-refractivity contribution < 1.29 is 13.9 Å². The number of carbonyl (C=O) groups is 1. The van der Waals surface area contributed by atoms with Crippen molar-refractivity contribution in [2.75, 3.05) is 30.3 Å². The maximum Gasteiger partial charge on any atom is 0.407 e. The number of hydrogen-bond donors (Lipinski definition) is 2. The Bertz CT molecular complexity index is 648. The molecule has 1 aromatic carbocycles. The molecule has 0 spiro atoms. The van der Waals surface area contributed by atoms with E-state index < -0.39 is 5.60 Å². The molecule has 1 aliphatic heterocycles. The fraction of sp³-hybridized carbons (Fsp3) is 0.667. The lowest BCUT2D eigenvalue weighted by Gasteiger charge is -2.35. The van der Waals surface area contributed by atoms with Crippen LogP contribution in [0.3, 0.4) is 0 Å². The van der Waals surface area contributed by atoms with Gasteiger partial charge in [0.25, 0.3) is 0 Å². The molecule has 1 amide bonds. The van der Waals surface area contributed by atoms with E-state index in [9.17, 15) is 9.18 Å². The molecule has 0 bridgehead atoms. The van der Waals surface area contributed by atoms with Gasteiger partial charge in [-0.1, -0.05) is 13.8 Å². The van der Waals surface area contributed by atoms with Crippen LogP contribution in [0, 0.1) is 11.7 Å². The summed E-state index contributed by atoms with van der Waals surface area (Å²) in [6, 6.07) is 3.35. The number of hydrogen-bond acceptors (Lipinski definition) is 4. The molecule has 0 aliphatic carbocycles. The summed E-state index contributed by atoms with van der Waals surface area (Å²) in [4.78, 5) is 14.0. The third-order valence-electron chi connectivity index (χ3n) is 4.94. The van der Waals surface area contributed by atoms with Crippen LogP contribution in [0.15, 0.2) is 12.1 Å². The number of piperidine rings is 1. The van der Waals surface area contributed by atoms with E-state index in [1.807, 2.05) is 40.7 Å². The second-order valence-electron chi connectivity index (χ2n) is 8.74. The SMILES string of the molecule is CC(C)c1cc(N2CCC(CCNC(=O)OC(C)(C)C)CC2)c(N)cc1F. The van der Waals surface area contributed by atoms with Gasteiger partial charge in [0.05, 0.1) is 11.4 Å². The third-order valence-corrected chi connectivity index (χ3v) is 4.94. The smallest absolute Gasteiger partial charge is 0.407 e. The molecule has 1 aromatic rings. The number of nitrogens with zero attached hydrogens (tertiary/aromatic N) is 1. The van der Waals surface area contributed by atoms with Gasteiger partial charge in [0.15, 0.2) is 0 Å². The van der Waals surface area contributed by atoms with Crippen LogP contribution in [0.25, 0.3) is 0 Å². The zero-order chi connectivity index (χ0) is 20.2. The number of alkyl carbamates (subject to hydrolysis) is 1. The Labute approximate surface area is 162 Å². The molecule has 0 unspecified atom stereocenters. The molecule has 1 aliphatic rings. The molecule has 0 aromatic heterocycles. The largest absolute Gasteiger partial charge is 0.444 e. The van der Waals surface area contributed by atoms with Gasteiger partial charge in [0, 0.05) is 19.6 Å². The summed E-state index contributed by atoms with van der Waals surface area (Å²) in [7, 11) is 0. The second kappa shape index (κ2) is 8.81. The van der Waals surface area contributed by atoms with E-state index in [0.29, 0.717) is 23.7 Å². The molecule has 152 valence electrons. The molecule has 3 N–H and O–H groups in total. The third kappa shape index (κ3) is 6.29. The number of rotatable bonds is 5. The molecule has 0 saturated carbocycles. The lowest BCUT2D eigenvalue weighted by Crippen LogP contribution is -2.37. The summed E-state index contributed by atoms with van der Waals surface area (Å²) in [5, 5.41) is 2.83. The predicted molar refractivity (Wildman–Crippen MR) is 109 cm³/mol. The van der Waals surface area contributed by atoms with Crippen LogP contribution in [-0.4, -0.2) is 31.3 Å². The number of benzene rings is 1. The highest BCUT2D eigenvalue weighted by Crippen LogP contribution is 2.33. The van der Waals surface area contributed by atoms with Gasteiger partial charge >= 0.3 is 6.09 Å². The van der Waals surface area contributed by atoms with E-state index in [1.54, 1.807) is 0 Å². The first-order chi connectivity index (χ1) is 12.6. The first-order valence-electron chi connectivity index (χ1n) is 9.87. The first kappa shape index (κ1) is 21.3. The van der Waals surface area contributed by atoms with Crippen molar-refractivity contribution in [1.82, 2.24) is 5.32 Å². The zero-order valence-electron chi connectivity index (χ0n) is 17.3. The molecular weight excluding hydrogens is 345 g/mol. The molecule has 27 heavy (non-hydrogen) atoms. The van der Waals surface area contributed by atoms with E-state index in [1.165, 1.54) is 6.07 Å². The van der Waals surface area contributed by atoms with Crippen molar-refractivity contribution in [1.29, 1.82) is 0 Å². The normalized spacial score (nSPS) is 15.9. The van der Waals surface area contributed by atoms with Gasteiger partial charge in [-0.25, -0.2) is 9.18 Å². The summed E-state index contributed by atoms with van der Waals surface area (Å²) >= 11 is 0. The van der Waals surface area contributed by atoms with Gasteiger partial charge in [-0.2, -0.15) is 0 Å².